The summed E-state index contributed by atoms with van der Waals surface area (Å²) in [7, 11) is 0. The van der Waals surface area contributed by atoms with Gasteiger partial charge in [-0.3, -0.25) is 4.79 Å². The average Bonchev–Trinajstić information content (AvgIpc) is 3.06. The quantitative estimate of drug-likeness (QED) is 0.483. The molecule has 0 aliphatic heterocycles. The van der Waals surface area contributed by atoms with Gasteiger partial charge in [-0.1, -0.05) is 35.0 Å². The first-order chi connectivity index (χ1) is 14.0. The van der Waals surface area contributed by atoms with E-state index in [0.717, 1.165) is 12.2 Å². The molecule has 2 heterocycles. The number of rotatable bonds is 8. The largest absolute Gasteiger partial charge is 0.368 e. The first-order valence-corrected chi connectivity index (χ1v) is 9.70. The minimum atomic E-state index is -0.271. The molecule has 8 nitrogen and oxygen atoms in total. The summed E-state index contributed by atoms with van der Waals surface area (Å²) in [6.45, 7) is 7.22. The topological polar surface area (TPSA) is 105 Å². The van der Waals surface area contributed by atoms with Crippen molar-refractivity contribution in [2.75, 3.05) is 30.3 Å². The van der Waals surface area contributed by atoms with Gasteiger partial charge in [-0.25, -0.2) is 4.98 Å². The van der Waals surface area contributed by atoms with Crippen molar-refractivity contribution in [1.82, 2.24) is 20.4 Å². The van der Waals surface area contributed by atoms with E-state index in [0.29, 0.717) is 52.5 Å². The Morgan fingerprint density at radius 2 is 1.93 bits per heavy atom. The van der Waals surface area contributed by atoms with Crippen molar-refractivity contribution in [1.29, 1.82) is 0 Å². The summed E-state index contributed by atoms with van der Waals surface area (Å²) < 4.78 is 5.24. The Balaban J connectivity index is 1.63. The van der Waals surface area contributed by atoms with Crippen molar-refractivity contribution < 1.29 is 9.32 Å². The van der Waals surface area contributed by atoms with Crippen LogP contribution in [-0.4, -0.2) is 40.7 Å². The molecule has 0 unspecified atom stereocenters. The first kappa shape index (κ1) is 20.6. The van der Waals surface area contributed by atoms with Gasteiger partial charge in [-0.05, 0) is 26.8 Å². The van der Waals surface area contributed by atoms with Crippen molar-refractivity contribution in [3.63, 3.8) is 0 Å². The number of carbonyl (C=O) groups excluding carboxylic acids is 1. The Labute approximate surface area is 174 Å². The van der Waals surface area contributed by atoms with Crippen LogP contribution in [0.3, 0.4) is 0 Å². The highest BCUT2D eigenvalue weighted by atomic mass is 35.5. The highest BCUT2D eigenvalue weighted by Crippen LogP contribution is 2.30. The molecule has 0 fully saturated rings. The number of benzene rings is 1. The van der Waals surface area contributed by atoms with Gasteiger partial charge in [0.25, 0.3) is 5.91 Å². The number of aryl methyl sites for hydroxylation is 2. The van der Waals surface area contributed by atoms with E-state index in [1.54, 1.807) is 19.1 Å². The molecule has 1 aromatic carbocycles. The van der Waals surface area contributed by atoms with Crippen molar-refractivity contribution in [3.05, 3.63) is 52.4 Å². The van der Waals surface area contributed by atoms with E-state index in [1.807, 2.05) is 32.0 Å². The predicted octanol–water partition coefficient (Wildman–Crippen LogP) is 3.68. The van der Waals surface area contributed by atoms with E-state index in [1.165, 1.54) is 0 Å². The van der Waals surface area contributed by atoms with Crippen LogP contribution < -0.4 is 16.0 Å². The molecule has 2 aromatic heterocycles. The second-order valence-electron chi connectivity index (χ2n) is 6.37. The summed E-state index contributed by atoms with van der Waals surface area (Å²) in [6.07, 6.45) is 0. The molecular formula is C20H23ClN6O2. The van der Waals surface area contributed by atoms with Crippen molar-refractivity contribution in [3.8, 4) is 11.3 Å². The summed E-state index contributed by atoms with van der Waals surface area (Å²) in [6, 6.07) is 9.06. The number of anilines is 2. The Kier molecular flexibility index (Phi) is 6.66. The smallest absolute Gasteiger partial charge is 0.257 e. The number of hydrogen-bond donors (Lipinski definition) is 3. The molecular weight excluding hydrogens is 392 g/mol. The van der Waals surface area contributed by atoms with E-state index >= 15 is 0 Å². The van der Waals surface area contributed by atoms with Crippen LogP contribution in [0.1, 0.15) is 28.7 Å². The molecule has 0 saturated carbocycles. The normalized spacial score (nSPS) is 10.6. The lowest BCUT2D eigenvalue weighted by atomic mass is 10.1. The van der Waals surface area contributed by atoms with Gasteiger partial charge in [0.05, 0.1) is 5.02 Å². The lowest BCUT2D eigenvalue weighted by Gasteiger charge is -2.10. The van der Waals surface area contributed by atoms with Gasteiger partial charge < -0.3 is 20.5 Å². The number of nitrogens with one attached hydrogen (secondary N) is 3. The number of hydrogen-bond acceptors (Lipinski definition) is 7. The fourth-order valence-corrected chi connectivity index (χ4v) is 3.05. The van der Waals surface area contributed by atoms with Crippen molar-refractivity contribution in [2.24, 2.45) is 0 Å². The summed E-state index contributed by atoms with van der Waals surface area (Å²) in [5.74, 6) is 1.43. The fourth-order valence-electron chi connectivity index (χ4n) is 2.83. The van der Waals surface area contributed by atoms with Gasteiger partial charge in [-0.2, -0.15) is 4.98 Å². The maximum atomic E-state index is 12.7. The van der Waals surface area contributed by atoms with Crippen LogP contribution in [-0.2, 0) is 0 Å². The number of nitrogens with zero attached hydrogens (tertiary/aromatic N) is 3. The van der Waals surface area contributed by atoms with Crippen LogP contribution in [0.5, 0.6) is 0 Å². The highest BCUT2D eigenvalue weighted by molar-refractivity contribution is 6.33. The zero-order chi connectivity index (χ0) is 20.8. The molecule has 0 aliphatic carbocycles. The van der Waals surface area contributed by atoms with Gasteiger partial charge >= 0.3 is 0 Å². The van der Waals surface area contributed by atoms with E-state index in [4.69, 9.17) is 16.1 Å². The predicted molar refractivity (Wildman–Crippen MR) is 113 cm³/mol. The van der Waals surface area contributed by atoms with Gasteiger partial charge in [0.2, 0.25) is 5.95 Å². The third-order valence-corrected chi connectivity index (χ3v) is 4.45. The number of amides is 1. The summed E-state index contributed by atoms with van der Waals surface area (Å²) in [5, 5.41) is 13.7. The van der Waals surface area contributed by atoms with Gasteiger partial charge in [0, 0.05) is 37.0 Å². The zero-order valence-corrected chi connectivity index (χ0v) is 17.3. The molecule has 152 valence electrons. The number of halogens is 1. The molecule has 3 rings (SSSR count). The third-order valence-electron chi connectivity index (χ3n) is 4.12. The Morgan fingerprint density at radius 1 is 1.14 bits per heavy atom. The van der Waals surface area contributed by atoms with Crippen LogP contribution in [0.25, 0.3) is 11.3 Å². The van der Waals surface area contributed by atoms with E-state index in [9.17, 15) is 4.79 Å². The SMILES string of the molecule is CCNc1nc(C)cc(NCCNC(=O)c2c(-c3ccccc3Cl)noc2C)n1. The summed E-state index contributed by atoms with van der Waals surface area (Å²) in [5.41, 5.74) is 2.32. The lowest BCUT2D eigenvalue weighted by Crippen LogP contribution is -2.29. The Hall–Kier alpha value is -3.13. The van der Waals surface area contributed by atoms with Crippen molar-refractivity contribution >= 4 is 29.3 Å². The molecule has 3 N–H and O–H groups in total. The molecule has 0 atom stereocenters. The van der Waals surface area contributed by atoms with Crippen LogP contribution in [0.4, 0.5) is 11.8 Å². The van der Waals surface area contributed by atoms with E-state index < -0.39 is 0 Å². The Bertz CT molecular complexity index is 1000. The second kappa shape index (κ2) is 9.38. The monoisotopic (exact) mass is 414 g/mol. The molecule has 9 heteroatoms. The Morgan fingerprint density at radius 3 is 2.69 bits per heavy atom. The molecule has 0 spiro atoms. The van der Waals surface area contributed by atoms with Gasteiger partial charge in [0.15, 0.2) is 0 Å². The van der Waals surface area contributed by atoms with E-state index in [2.05, 4.69) is 31.1 Å². The standard InChI is InChI=1S/C20H23ClN6O2/c1-4-22-20-25-12(2)11-16(26-20)23-9-10-24-19(28)17-13(3)29-27-18(17)14-7-5-6-8-15(14)21/h5-8,11H,4,9-10H2,1-3H3,(H,24,28)(H2,22,23,25,26). The fraction of sp³-hybridized carbons (Fsp3) is 0.300. The van der Waals surface area contributed by atoms with Crippen LogP contribution in [0.15, 0.2) is 34.9 Å². The first-order valence-electron chi connectivity index (χ1n) is 9.32. The minimum absolute atomic E-state index is 0.271. The maximum Gasteiger partial charge on any atom is 0.257 e. The maximum absolute atomic E-state index is 12.7. The summed E-state index contributed by atoms with van der Waals surface area (Å²) in [4.78, 5) is 21.4. The van der Waals surface area contributed by atoms with Gasteiger partial charge in [-0.15, -0.1) is 0 Å². The molecule has 0 bridgehead atoms. The molecule has 0 saturated heterocycles. The van der Waals surface area contributed by atoms with Crippen LogP contribution >= 0.6 is 11.6 Å². The molecule has 0 aliphatic rings. The van der Waals surface area contributed by atoms with Crippen LogP contribution in [0.2, 0.25) is 5.02 Å². The third kappa shape index (κ3) is 5.03. The summed E-state index contributed by atoms with van der Waals surface area (Å²) >= 11 is 6.25. The molecule has 1 amide bonds. The molecule has 29 heavy (non-hydrogen) atoms. The highest BCUT2D eigenvalue weighted by Gasteiger charge is 2.22. The number of carbonyl (C=O) groups is 1. The number of aromatic nitrogens is 3. The average molecular weight is 415 g/mol. The van der Waals surface area contributed by atoms with E-state index in [-0.39, 0.29) is 5.91 Å². The van der Waals surface area contributed by atoms with Crippen LogP contribution in [0, 0.1) is 13.8 Å². The molecule has 3 aromatic rings. The zero-order valence-electron chi connectivity index (χ0n) is 16.5. The second-order valence-corrected chi connectivity index (χ2v) is 6.78. The lowest BCUT2D eigenvalue weighted by molar-refractivity contribution is 0.0954. The van der Waals surface area contributed by atoms with Crippen molar-refractivity contribution in [2.45, 2.75) is 20.8 Å². The van der Waals surface area contributed by atoms with Gasteiger partial charge in [0.1, 0.15) is 22.8 Å². The minimum Gasteiger partial charge on any atom is -0.368 e. The molecule has 0 radical (unpaired) electrons.